The van der Waals surface area contributed by atoms with E-state index in [1.165, 1.54) is 29.6 Å². The highest BCUT2D eigenvalue weighted by Gasteiger charge is 2.25. The molecule has 1 N–H and O–H groups in total. The van der Waals surface area contributed by atoms with Crippen molar-refractivity contribution in [2.75, 3.05) is 43.8 Å². The van der Waals surface area contributed by atoms with E-state index in [1.54, 1.807) is 31.2 Å². The Bertz CT molecular complexity index is 1220. The van der Waals surface area contributed by atoms with Gasteiger partial charge in [0, 0.05) is 25.7 Å². The van der Waals surface area contributed by atoms with Gasteiger partial charge in [-0.05, 0) is 61.7 Å². The molecule has 1 aliphatic heterocycles. The molecule has 0 aliphatic carbocycles. The minimum absolute atomic E-state index is 0.186. The Balaban J connectivity index is 1.53. The number of ether oxygens (including phenoxy) is 1. The predicted molar refractivity (Wildman–Crippen MR) is 131 cm³/mol. The first-order valence-electron chi connectivity index (χ1n) is 11.1. The molecule has 0 radical (unpaired) electrons. The lowest BCUT2D eigenvalue weighted by Crippen LogP contribution is -2.35. The Labute approximate surface area is 201 Å². The van der Waals surface area contributed by atoms with Crippen LogP contribution in [-0.4, -0.2) is 66.6 Å². The fourth-order valence-electron chi connectivity index (χ4n) is 3.67. The van der Waals surface area contributed by atoms with Crippen molar-refractivity contribution in [2.45, 2.75) is 31.1 Å². The van der Waals surface area contributed by atoms with Gasteiger partial charge in [0.15, 0.2) is 0 Å². The number of hydrogen-bond acceptors (Lipinski definition) is 6. The summed E-state index contributed by atoms with van der Waals surface area (Å²) in [5, 5.41) is 2.74. The molecule has 0 unspecified atom stereocenters. The van der Waals surface area contributed by atoms with Crippen LogP contribution in [0.3, 0.4) is 0 Å². The fraction of sp³-hybridized carbons (Fsp3) is 0.435. The number of piperidine rings is 1. The van der Waals surface area contributed by atoms with Crippen LogP contribution in [0, 0.1) is 6.92 Å². The Morgan fingerprint density at radius 1 is 1.03 bits per heavy atom. The first-order chi connectivity index (χ1) is 16.0. The molecule has 9 nitrogen and oxygen atoms in total. The third kappa shape index (κ3) is 6.28. The van der Waals surface area contributed by atoms with Crippen molar-refractivity contribution < 1.29 is 26.4 Å². The normalized spacial score (nSPS) is 15.0. The molecule has 186 valence electrons. The summed E-state index contributed by atoms with van der Waals surface area (Å²) in [7, 11) is -5.50. The summed E-state index contributed by atoms with van der Waals surface area (Å²) in [6.45, 7) is 3.28. The van der Waals surface area contributed by atoms with Gasteiger partial charge in [0.2, 0.25) is 20.0 Å². The summed E-state index contributed by atoms with van der Waals surface area (Å²) in [5.41, 5.74) is 1.51. The van der Waals surface area contributed by atoms with E-state index in [1.807, 2.05) is 0 Å². The van der Waals surface area contributed by atoms with Crippen LogP contribution in [0.1, 0.15) is 35.2 Å². The van der Waals surface area contributed by atoms with Crippen LogP contribution in [0.5, 0.6) is 5.75 Å². The number of anilines is 1. The minimum Gasteiger partial charge on any atom is -0.492 e. The molecule has 34 heavy (non-hydrogen) atoms. The maximum absolute atomic E-state index is 12.7. The van der Waals surface area contributed by atoms with E-state index in [9.17, 15) is 21.6 Å². The van der Waals surface area contributed by atoms with E-state index in [0.29, 0.717) is 30.1 Å². The number of nitrogens with one attached hydrogen (secondary N) is 1. The van der Waals surface area contributed by atoms with Gasteiger partial charge in [0.25, 0.3) is 5.91 Å². The van der Waals surface area contributed by atoms with E-state index in [4.69, 9.17) is 4.74 Å². The maximum atomic E-state index is 12.7. The Kier molecular flexibility index (Phi) is 8.21. The van der Waals surface area contributed by atoms with E-state index < -0.39 is 20.0 Å². The highest BCUT2D eigenvalue weighted by atomic mass is 32.2. The third-order valence-corrected chi connectivity index (χ3v) is 8.85. The summed E-state index contributed by atoms with van der Waals surface area (Å²) in [4.78, 5) is 12.7. The van der Waals surface area contributed by atoms with E-state index in [2.05, 4.69) is 5.32 Å². The summed E-state index contributed by atoms with van der Waals surface area (Å²) < 4.78 is 57.4. The fourth-order valence-corrected chi connectivity index (χ4v) is 5.74. The van der Waals surface area contributed by atoms with Crippen LogP contribution in [0.2, 0.25) is 0 Å². The zero-order valence-electron chi connectivity index (χ0n) is 19.7. The molecule has 2 aromatic rings. The second-order valence-electron chi connectivity index (χ2n) is 8.27. The Morgan fingerprint density at radius 2 is 1.68 bits per heavy atom. The number of nitrogens with zero attached hydrogens (tertiary/aromatic N) is 2. The van der Waals surface area contributed by atoms with Gasteiger partial charge >= 0.3 is 0 Å². The van der Waals surface area contributed by atoms with Crippen molar-refractivity contribution in [3.63, 3.8) is 0 Å². The lowest BCUT2D eigenvalue weighted by Gasteiger charge is -2.25. The second kappa shape index (κ2) is 10.7. The minimum atomic E-state index is -3.49. The maximum Gasteiger partial charge on any atom is 0.251 e. The zero-order valence-corrected chi connectivity index (χ0v) is 21.3. The SMILES string of the molecule is Cc1ccc(C(=O)NCCOc2ccc(S(=O)(=O)N3CCCCC3)cc2)cc1N(C)S(C)(=O)=O. The number of carbonyl (C=O) groups is 1. The number of rotatable bonds is 9. The zero-order chi connectivity index (χ0) is 24.9. The quantitative estimate of drug-likeness (QED) is 0.520. The topological polar surface area (TPSA) is 113 Å². The van der Waals surface area contributed by atoms with Crippen molar-refractivity contribution in [3.8, 4) is 5.75 Å². The van der Waals surface area contributed by atoms with Gasteiger partial charge in [-0.25, -0.2) is 16.8 Å². The molecule has 0 atom stereocenters. The number of amides is 1. The van der Waals surface area contributed by atoms with E-state index in [0.717, 1.165) is 35.4 Å². The number of hydrogen-bond donors (Lipinski definition) is 1. The second-order valence-corrected chi connectivity index (χ2v) is 12.2. The summed E-state index contributed by atoms with van der Waals surface area (Å²) in [6, 6.07) is 11.1. The molecule has 3 rings (SSSR count). The van der Waals surface area contributed by atoms with Gasteiger partial charge in [-0.2, -0.15) is 4.31 Å². The Hall–Kier alpha value is -2.63. The predicted octanol–water partition coefficient (Wildman–Crippen LogP) is 2.37. The molecule has 2 aromatic carbocycles. The number of sulfonamides is 2. The molecule has 1 amide bonds. The van der Waals surface area contributed by atoms with E-state index in [-0.39, 0.29) is 24.0 Å². The van der Waals surface area contributed by atoms with Gasteiger partial charge < -0.3 is 10.1 Å². The van der Waals surface area contributed by atoms with Crippen molar-refractivity contribution in [1.29, 1.82) is 0 Å². The molecular formula is C23H31N3O6S2. The number of carbonyl (C=O) groups excluding carboxylic acids is 1. The average Bonchev–Trinajstić information content (AvgIpc) is 2.82. The monoisotopic (exact) mass is 509 g/mol. The van der Waals surface area contributed by atoms with Crippen molar-refractivity contribution >= 4 is 31.6 Å². The summed E-state index contributed by atoms with van der Waals surface area (Å²) >= 11 is 0. The molecule has 0 saturated carbocycles. The molecule has 11 heteroatoms. The molecule has 0 aromatic heterocycles. The molecule has 1 fully saturated rings. The third-order valence-electron chi connectivity index (χ3n) is 5.74. The van der Waals surface area contributed by atoms with Crippen LogP contribution >= 0.6 is 0 Å². The number of benzene rings is 2. The van der Waals surface area contributed by atoms with Gasteiger partial charge in [-0.3, -0.25) is 9.10 Å². The molecule has 1 saturated heterocycles. The molecule has 0 bridgehead atoms. The molecule has 0 spiro atoms. The van der Waals surface area contributed by atoms with Crippen molar-refractivity contribution in [3.05, 3.63) is 53.6 Å². The summed E-state index contributed by atoms with van der Waals surface area (Å²) in [5.74, 6) is 0.147. The molecule has 1 aliphatic rings. The van der Waals surface area contributed by atoms with Crippen LogP contribution in [0.25, 0.3) is 0 Å². The first kappa shape index (κ1) is 26.0. The molecule has 1 heterocycles. The molecular weight excluding hydrogens is 478 g/mol. The van der Waals surface area contributed by atoms with Gasteiger partial charge in [0.05, 0.1) is 23.4 Å². The van der Waals surface area contributed by atoms with Crippen molar-refractivity contribution in [1.82, 2.24) is 9.62 Å². The van der Waals surface area contributed by atoms with Crippen molar-refractivity contribution in [2.24, 2.45) is 0 Å². The van der Waals surface area contributed by atoms with Gasteiger partial charge in [0.1, 0.15) is 12.4 Å². The lowest BCUT2D eigenvalue weighted by atomic mass is 10.1. The van der Waals surface area contributed by atoms with Crippen LogP contribution in [0.15, 0.2) is 47.4 Å². The van der Waals surface area contributed by atoms with Crippen LogP contribution in [-0.2, 0) is 20.0 Å². The smallest absolute Gasteiger partial charge is 0.251 e. The largest absolute Gasteiger partial charge is 0.492 e. The lowest BCUT2D eigenvalue weighted by molar-refractivity contribution is 0.0947. The van der Waals surface area contributed by atoms with Crippen LogP contribution in [0.4, 0.5) is 5.69 Å². The Morgan fingerprint density at radius 3 is 2.29 bits per heavy atom. The highest BCUT2D eigenvalue weighted by molar-refractivity contribution is 7.92. The standard InChI is InChI=1S/C23H31N3O6S2/c1-18-7-8-19(17-22(18)25(2)33(3,28)29)23(27)24-13-16-32-20-9-11-21(12-10-20)34(30,31)26-14-5-4-6-15-26/h7-12,17H,4-6,13-16H2,1-3H3,(H,24,27). The first-order valence-corrected chi connectivity index (χ1v) is 14.3. The van der Waals surface area contributed by atoms with Crippen LogP contribution < -0.4 is 14.4 Å². The average molecular weight is 510 g/mol. The number of aryl methyl sites for hydroxylation is 1. The van der Waals surface area contributed by atoms with E-state index >= 15 is 0 Å². The van der Waals surface area contributed by atoms with Gasteiger partial charge in [-0.15, -0.1) is 0 Å². The highest BCUT2D eigenvalue weighted by Crippen LogP contribution is 2.24. The van der Waals surface area contributed by atoms with Gasteiger partial charge in [-0.1, -0.05) is 12.5 Å². The summed E-state index contributed by atoms with van der Waals surface area (Å²) in [6.07, 6.45) is 3.92.